The second-order valence-corrected chi connectivity index (χ2v) is 9.93. The number of aromatic amines is 1. The standard InChI is InChI=1S/C19H26N4O3S2/c1-5-26-17(25)15-12-7-6-11(19(2,3)4)8-13(12)28-16(15)22-14(24)9-27-18-20-10-21-23-18/h10-11H,5-9H2,1-4H3,(H,22,24)(H,20,21,23)/t11-/m1/s1. The minimum Gasteiger partial charge on any atom is -0.462 e. The quantitative estimate of drug-likeness (QED) is 0.541. The van der Waals surface area contributed by atoms with Crippen LogP contribution in [0.3, 0.4) is 0 Å². The van der Waals surface area contributed by atoms with Crippen LogP contribution in [0.15, 0.2) is 11.5 Å². The summed E-state index contributed by atoms with van der Waals surface area (Å²) in [7, 11) is 0. The molecular weight excluding hydrogens is 396 g/mol. The number of anilines is 1. The van der Waals surface area contributed by atoms with Crippen LogP contribution in [0, 0.1) is 11.3 Å². The second kappa shape index (κ2) is 8.65. The molecule has 9 heteroatoms. The van der Waals surface area contributed by atoms with Gasteiger partial charge in [0, 0.05) is 4.88 Å². The average molecular weight is 423 g/mol. The van der Waals surface area contributed by atoms with E-state index >= 15 is 0 Å². The van der Waals surface area contributed by atoms with Crippen molar-refractivity contribution < 1.29 is 14.3 Å². The highest BCUT2D eigenvalue weighted by atomic mass is 32.2. The summed E-state index contributed by atoms with van der Waals surface area (Å²) in [6.07, 6.45) is 4.20. The number of thiophene rings is 1. The molecule has 0 unspecified atom stereocenters. The summed E-state index contributed by atoms with van der Waals surface area (Å²) in [6.45, 7) is 8.87. The van der Waals surface area contributed by atoms with Gasteiger partial charge in [0.1, 0.15) is 11.3 Å². The molecule has 28 heavy (non-hydrogen) atoms. The third kappa shape index (κ3) is 4.75. The molecule has 0 fully saturated rings. The van der Waals surface area contributed by atoms with Crippen molar-refractivity contribution in [3.05, 3.63) is 22.3 Å². The fraction of sp³-hybridized carbons (Fsp3) is 0.579. The van der Waals surface area contributed by atoms with Crippen LogP contribution in [0.5, 0.6) is 0 Å². The number of nitrogens with one attached hydrogen (secondary N) is 2. The Hall–Kier alpha value is -1.87. The first-order chi connectivity index (χ1) is 13.3. The predicted molar refractivity (Wildman–Crippen MR) is 111 cm³/mol. The van der Waals surface area contributed by atoms with Gasteiger partial charge in [-0.05, 0) is 43.1 Å². The SMILES string of the molecule is CCOC(=O)c1c(NC(=O)CSc2ncn[nH]2)sc2c1CC[C@@H](C(C)(C)C)C2. The summed E-state index contributed by atoms with van der Waals surface area (Å²) < 4.78 is 5.28. The molecular formula is C19H26N4O3S2. The molecule has 0 spiro atoms. The number of carbonyl (C=O) groups excluding carboxylic acids is 2. The number of amides is 1. The summed E-state index contributed by atoms with van der Waals surface area (Å²) >= 11 is 2.77. The molecule has 2 aromatic heterocycles. The topological polar surface area (TPSA) is 97.0 Å². The Bertz CT molecular complexity index is 840. The van der Waals surface area contributed by atoms with E-state index in [-0.39, 0.29) is 23.0 Å². The van der Waals surface area contributed by atoms with Crippen LogP contribution in [-0.4, -0.2) is 39.4 Å². The Labute approximate surface area is 173 Å². The van der Waals surface area contributed by atoms with Gasteiger partial charge in [0.15, 0.2) is 5.16 Å². The van der Waals surface area contributed by atoms with Gasteiger partial charge in [0.25, 0.3) is 0 Å². The molecule has 0 aliphatic heterocycles. The van der Waals surface area contributed by atoms with Gasteiger partial charge in [0.2, 0.25) is 5.91 Å². The zero-order valence-corrected chi connectivity index (χ0v) is 18.3. The first-order valence-corrected chi connectivity index (χ1v) is 11.2. The van der Waals surface area contributed by atoms with E-state index < -0.39 is 0 Å². The Morgan fingerprint density at radius 3 is 2.86 bits per heavy atom. The zero-order chi connectivity index (χ0) is 20.3. The first-order valence-electron chi connectivity index (χ1n) is 9.39. The third-order valence-corrected chi connectivity index (χ3v) is 7.00. The molecule has 2 heterocycles. The lowest BCUT2D eigenvalue weighted by atomic mass is 9.72. The van der Waals surface area contributed by atoms with Crippen LogP contribution < -0.4 is 5.32 Å². The van der Waals surface area contributed by atoms with Gasteiger partial charge in [0.05, 0.1) is 17.9 Å². The number of carbonyl (C=O) groups is 2. The molecule has 2 aromatic rings. The van der Waals surface area contributed by atoms with Crippen LogP contribution >= 0.6 is 23.1 Å². The number of hydrogen-bond donors (Lipinski definition) is 2. The zero-order valence-electron chi connectivity index (χ0n) is 16.6. The number of H-pyrrole nitrogens is 1. The van der Waals surface area contributed by atoms with Crippen molar-refractivity contribution in [1.29, 1.82) is 0 Å². The van der Waals surface area contributed by atoms with Crippen LogP contribution in [0.25, 0.3) is 0 Å². The van der Waals surface area contributed by atoms with Gasteiger partial charge < -0.3 is 10.1 Å². The number of hydrogen-bond acceptors (Lipinski definition) is 7. The van der Waals surface area contributed by atoms with Crippen molar-refractivity contribution >= 4 is 40.0 Å². The minimum atomic E-state index is -0.354. The summed E-state index contributed by atoms with van der Waals surface area (Å²) in [4.78, 5) is 30.2. The molecule has 1 atom stereocenters. The van der Waals surface area contributed by atoms with Gasteiger partial charge in [-0.3, -0.25) is 9.89 Å². The fourth-order valence-corrected chi connectivity index (χ4v) is 5.30. The van der Waals surface area contributed by atoms with Gasteiger partial charge in [-0.2, -0.15) is 5.10 Å². The molecule has 2 N–H and O–H groups in total. The maximum Gasteiger partial charge on any atom is 0.341 e. The summed E-state index contributed by atoms with van der Waals surface area (Å²) in [5.74, 6) is 0.203. The van der Waals surface area contributed by atoms with E-state index in [1.165, 1.54) is 34.3 Å². The highest BCUT2D eigenvalue weighted by Gasteiger charge is 2.34. The van der Waals surface area contributed by atoms with E-state index in [9.17, 15) is 9.59 Å². The molecule has 1 amide bonds. The molecule has 3 rings (SSSR count). The Morgan fingerprint density at radius 2 is 2.21 bits per heavy atom. The highest BCUT2D eigenvalue weighted by Crippen LogP contribution is 2.44. The summed E-state index contributed by atoms with van der Waals surface area (Å²) in [6, 6.07) is 0. The Balaban J connectivity index is 1.80. The molecule has 0 radical (unpaired) electrons. The van der Waals surface area contributed by atoms with Crippen molar-refractivity contribution in [3.63, 3.8) is 0 Å². The van der Waals surface area contributed by atoms with Crippen LogP contribution in [0.4, 0.5) is 5.00 Å². The predicted octanol–water partition coefficient (Wildman–Crippen LogP) is 3.92. The molecule has 0 bridgehead atoms. The Kier molecular flexibility index (Phi) is 6.44. The second-order valence-electron chi connectivity index (χ2n) is 7.86. The molecule has 0 saturated carbocycles. The molecule has 7 nitrogen and oxygen atoms in total. The minimum absolute atomic E-state index is 0.182. The van der Waals surface area contributed by atoms with Crippen molar-refractivity contribution in [2.45, 2.75) is 52.1 Å². The normalized spacial score (nSPS) is 16.5. The van der Waals surface area contributed by atoms with Gasteiger partial charge >= 0.3 is 5.97 Å². The highest BCUT2D eigenvalue weighted by molar-refractivity contribution is 7.99. The number of thioether (sulfide) groups is 1. The summed E-state index contributed by atoms with van der Waals surface area (Å²) in [5, 5.41) is 10.6. The van der Waals surface area contributed by atoms with E-state index in [0.717, 1.165) is 24.8 Å². The largest absolute Gasteiger partial charge is 0.462 e. The van der Waals surface area contributed by atoms with Crippen molar-refractivity contribution in [1.82, 2.24) is 15.2 Å². The lowest BCUT2D eigenvalue weighted by Crippen LogP contribution is -2.26. The summed E-state index contributed by atoms with van der Waals surface area (Å²) in [5.41, 5.74) is 1.79. The van der Waals surface area contributed by atoms with Crippen LogP contribution in [0.2, 0.25) is 0 Å². The smallest absolute Gasteiger partial charge is 0.341 e. The lowest BCUT2D eigenvalue weighted by molar-refractivity contribution is -0.113. The van der Waals surface area contributed by atoms with Gasteiger partial charge in [-0.25, -0.2) is 9.78 Å². The number of rotatable bonds is 6. The first kappa shape index (κ1) is 20.9. The van der Waals surface area contributed by atoms with Crippen LogP contribution in [-0.2, 0) is 22.4 Å². The Morgan fingerprint density at radius 1 is 1.43 bits per heavy atom. The van der Waals surface area contributed by atoms with E-state index in [1.807, 2.05) is 0 Å². The molecule has 0 saturated heterocycles. The monoisotopic (exact) mass is 422 g/mol. The van der Waals surface area contributed by atoms with Crippen molar-refractivity contribution in [3.8, 4) is 0 Å². The molecule has 0 aromatic carbocycles. The van der Waals surface area contributed by atoms with Gasteiger partial charge in [-0.1, -0.05) is 32.5 Å². The number of aromatic nitrogens is 3. The van der Waals surface area contributed by atoms with Crippen molar-refractivity contribution in [2.75, 3.05) is 17.7 Å². The maximum absolute atomic E-state index is 12.6. The maximum atomic E-state index is 12.6. The number of ether oxygens (including phenoxy) is 1. The lowest BCUT2D eigenvalue weighted by Gasteiger charge is -2.33. The fourth-order valence-electron chi connectivity index (χ4n) is 3.39. The van der Waals surface area contributed by atoms with E-state index in [0.29, 0.717) is 28.2 Å². The average Bonchev–Trinajstić information content (AvgIpc) is 3.26. The molecule has 1 aliphatic rings. The molecule has 1 aliphatic carbocycles. The van der Waals surface area contributed by atoms with E-state index in [1.54, 1.807) is 6.92 Å². The van der Waals surface area contributed by atoms with Crippen molar-refractivity contribution in [2.24, 2.45) is 11.3 Å². The number of nitrogens with zero attached hydrogens (tertiary/aromatic N) is 2. The van der Waals surface area contributed by atoms with Crippen LogP contribution in [0.1, 0.15) is 54.9 Å². The number of fused-ring (bicyclic) bond motifs is 1. The third-order valence-electron chi connectivity index (χ3n) is 4.96. The molecule has 152 valence electrons. The van der Waals surface area contributed by atoms with E-state index in [2.05, 4.69) is 41.3 Å². The number of esters is 1. The van der Waals surface area contributed by atoms with E-state index in [4.69, 9.17) is 4.74 Å². The van der Waals surface area contributed by atoms with Gasteiger partial charge in [-0.15, -0.1) is 11.3 Å².